The van der Waals surface area contributed by atoms with E-state index < -0.39 is 5.97 Å². The lowest BCUT2D eigenvalue weighted by Crippen LogP contribution is -2.33. The molecule has 1 rings (SSSR count). The quantitative estimate of drug-likeness (QED) is 0.590. The fraction of sp³-hybridized carbons (Fsp3) is 0.857. The van der Waals surface area contributed by atoms with Gasteiger partial charge in [0.15, 0.2) is 0 Å². The van der Waals surface area contributed by atoms with Gasteiger partial charge in [0, 0.05) is 6.04 Å². The van der Waals surface area contributed by atoms with Gasteiger partial charge >= 0.3 is 5.97 Å². The third kappa shape index (κ3) is 1.48. The van der Waals surface area contributed by atoms with Gasteiger partial charge in [-0.15, -0.1) is 0 Å². The predicted molar refractivity (Wildman–Crippen MR) is 37.8 cm³/mol. The van der Waals surface area contributed by atoms with Gasteiger partial charge in [0.25, 0.3) is 0 Å². The highest BCUT2D eigenvalue weighted by molar-refractivity contribution is 5.70. The second-order valence-corrected chi connectivity index (χ2v) is 2.83. The van der Waals surface area contributed by atoms with Crippen molar-refractivity contribution in [2.75, 3.05) is 6.54 Å². The summed E-state index contributed by atoms with van der Waals surface area (Å²) in [5.74, 6) is -0.929. The fourth-order valence-electron chi connectivity index (χ4n) is 1.31. The summed E-state index contributed by atoms with van der Waals surface area (Å²) in [5.41, 5.74) is 0. The van der Waals surface area contributed by atoms with E-state index in [0.717, 1.165) is 19.4 Å². The molecule has 1 heterocycles. The molecule has 3 nitrogen and oxygen atoms in total. The summed E-state index contributed by atoms with van der Waals surface area (Å²) in [6.45, 7) is 2.73. The molecule has 58 valence electrons. The van der Waals surface area contributed by atoms with Crippen LogP contribution >= 0.6 is 0 Å². The van der Waals surface area contributed by atoms with Crippen LogP contribution in [-0.2, 0) is 4.79 Å². The van der Waals surface area contributed by atoms with Crippen molar-refractivity contribution in [2.24, 2.45) is 5.92 Å². The third-order valence-corrected chi connectivity index (χ3v) is 2.09. The van der Waals surface area contributed by atoms with Crippen LogP contribution < -0.4 is 5.32 Å². The molecule has 10 heavy (non-hydrogen) atoms. The lowest BCUT2D eigenvalue weighted by Gasteiger charge is -2.13. The van der Waals surface area contributed by atoms with E-state index in [1.165, 1.54) is 0 Å². The van der Waals surface area contributed by atoms with E-state index >= 15 is 0 Å². The zero-order valence-corrected chi connectivity index (χ0v) is 6.13. The Morgan fingerprint density at radius 3 is 2.90 bits per heavy atom. The number of nitrogens with one attached hydrogen (secondary N) is 1. The van der Waals surface area contributed by atoms with Crippen LogP contribution in [0.15, 0.2) is 0 Å². The van der Waals surface area contributed by atoms with E-state index in [9.17, 15) is 4.79 Å². The Labute approximate surface area is 60.4 Å². The molecule has 0 saturated carbocycles. The van der Waals surface area contributed by atoms with Crippen molar-refractivity contribution in [3.8, 4) is 0 Å². The maximum Gasteiger partial charge on any atom is 0.307 e. The Morgan fingerprint density at radius 2 is 2.50 bits per heavy atom. The molecular weight excluding hydrogens is 130 g/mol. The molecule has 0 aromatic heterocycles. The third-order valence-electron chi connectivity index (χ3n) is 2.09. The van der Waals surface area contributed by atoms with Crippen LogP contribution in [0.3, 0.4) is 0 Å². The smallest absolute Gasteiger partial charge is 0.307 e. The van der Waals surface area contributed by atoms with Crippen molar-refractivity contribution in [1.82, 2.24) is 5.32 Å². The van der Waals surface area contributed by atoms with E-state index in [0.29, 0.717) is 0 Å². The summed E-state index contributed by atoms with van der Waals surface area (Å²) in [4.78, 5) is 10.4. The lowest BCUT2D eigenvalue weighted by molar-refractivity contribution is -0.141. The van der Waals surface area contributed by atoms with Crippen LogP contribution in [0, 0.1) is 5.92 Å². The molecule has 1 aliphatic rings. The Hall–Kier alpha value is -0.570. The van der Waals surface area contributed by atoms with Gasteiger partial charge in [0.1, 0.15) is 0 Å². The van der Waals surface area contributed by atoms with E-state index in [4.69, 9.17) is 5.11 Å². The minimum Gasteiger partial charge on any atom is -0.481 e. The van der Waals surface area contributed by atoms with Gasteiger partial charge in [0.05, 0.1) is 5.92 Å². The molecule has 1 saturated heterocycles. The number of carbonyl (C=O) groups is 1. The Bertz CT molecular complexity index is 130. The predicted octanol–water partition coefficient (Wildman–Crippen LogP) is 0.459. The molecule has 0 spiro atoms. The number of hydrogen-bond acceptors (Lipinski definition) is 2. The van der Waals surface area contributed by atoms with Gasteiger partial charge in [-0.3, -0.25) is 4.79 Å². The monoisotopic (exact) mass is 143 g/mol. The second kappa shape index (κ2) is 3.01. The Balaban J connectivity index is 2.39. The first-order chi connectivity index (χ1) is 4.72. The van der Waals surface area contributed by atoms with Gasteiger partial charge in [0.2, 0.25) is 0 Å². The standard InChI is InChI=1S/C7H13NO2/c1-5(7(9)10)6-3-2-4-8-6/h5-6,8H,2-4H2,1H3,(H,9,10). The summed E-state index contributed by atoms with van der Waals surface area (Å²) in [5, 5.41) is 11.8. The summed E-state index contributed by atoms with van der Waals surface area (Å²) >= 11 is 0. The average Bonchev–Trinajstić information content (AvgIpc) is 2.36. The number of hydrogen-bond donors (Lipinski definition) is 2. The zero-order chi connectivity index (χ0) is 7.56. The van der Waals surface area contributed by atoms with Crippen LogP contribution in [0.5, 0.6) is 0 Å². The summed E-state index contributed by atoms with van der Waals surface area (Å²) in [6, 6.07) is 0.206. The molecular formula is C7H13NO2. The van der Waals surface area contributed by atoms with Crippen molar-refractivity contribution in [2.45, 2.75) is 25.8 Å². The first-order valence-corrected chi connectivity index (χ1v) is 3.68. The number of carboxylic acids is 1. The lowest BCUT2D eigenvalue weighted by atomic mass is 10.0. The topological polar surface area (TPSA) is 49.3 Å². The van der Waals surface area contributed by atoms with Crippen molar-refractivity contribution in [3.63, 3.8) is 0 Å². The van der Waals surface area contributed by atoms with Crippen molar-refractivity contribution in [1.29, 1.82) is 0 Å². The van der Waals surface area contributed by atoms with Crippen LogP contribution in [0.25, 0.3) is 0 Å². The number of aliphatic carboxylic acids is 1. The first-order valence-electron chi connectivity index (χ1n) is 3.68. The normalized spacial score (nSPS) is 28.3. The van der Waals surface area contributed by atoms with E-state index in [-0.39, 0.29) is 12.0 Å². The van der Waals surface area contributed by atoms with E-state index in [1.54, 1.807) is 6.92 Å². The van der Waals surface area contributed by atoms with Crippen molar-refractivity contribution in [3.05, 3.63) is 0 Å². The molecule has 1 fully saturated rings. The molecule has 2 N–H and O–H groups in total. The molecule has 0 aromatic carbocycles. The van der Waals surface area contributed by atoms with Gasteiger partial charge in [-0.2, -0.15) is 0 Å². The highest BCUT2D eigenvalue weighted by atomic mass is 16.4. The highest BCUT2D eigenvalue weighted by Crippen LogP contribution is 2.13. The molecule has 2 unspecified atom stereocenters. The van der Waals surface area contributed by atoms with Crippen molar-refractivity contribution >= 4 is 5.97 Å². The zero-order valence-electron chi connectivity index (χ0n) is 6.13. The number of rotatable bonds is 2. The average molecular weight is 143 g/mol. The minimum absolute atomic E-state index is 0.206. The van der Waals surface area contributed by atoms with Crippen LogP contribution in [0.1, 0.15) is 19.8 Å². The molecule has 0 amide bonds. The highest BCUT2D eigenvalue weighted by Gasteiger charge is 2.25. The minimum atomic E-state index is -0.695. The van der Waals surface area contributed by atoms with Crippen molar-refractivity contribution < 1.29 is 9.90 Å². The van der Waals surface area contributed by atoms with Gasteiger partial charge in [-0.25, -0.2) is 0 Å². The summed E-state index contributed by atoms with van der Waals surface area (Å²) < 4.78 is 0. The first kappa shape index (κ1) is 7.54. The van der Waals surface area contributed by atoms with Crippen LogP contribution in [-0.4, -0.2) is 23.7 Å². The number of carboxylic acid groups (broad SMARTS) is 1. The maximum atomic E-state index is 10.4. The molecule has 3 heteroatoms. The molecule has 0 aromatic rings. The fourth-order valence-corrected chi connectivity index (χ4v) is 1.31. The van der Waals surface area contributed by atoms with E-state index in [2.05, 4.69) is 5.32 Å². The second-order valence-electron chi connectivity index (χ2n) is 2.83. The van der Waals surface area contributed by atoms with Crippen LogP contribution in [0.4, 0.5) is 0 Å². The SMILES string of the molecule is CC(C(=O)O)C1CCCN1. The molecule has 0 bridgehead atoms. The largest absolute Gasteiger partial charge is 0.481 e. The summed E-state index contributed by atoms with van der Waals surface area (Å²) in [7, 11) is 0. The Kier molecular flexibility index (Phi) is 2.27. The van der Waals surface area contributed by atoms with Gasteiger partial charge in [-0.1, -0.05) is 6.92 Å². The van der Waals surface area contributed by atoms with Crippen LogP contribution in [0.2, 0.25) is 0 Å². The molecule has 0 aliphatic carbocycles. The molecule has 2 atom stereocenters. The molecule has 0 radical (unpaired) electrons. The van der Waals surface area contributed by atoms with Gasteiger partial charge < -0.3 is 10.4 Å². The van der Waals surface area contributed by atoms with E-state index in [1.807, 2.05) is 0 Å². The van der Waals surface area contributed by atoms with Gasteiger partial charge in [-0.05, 0) is 19.4 Å². The summed E-state index contributed by atoms with van der Waals surface area (Å²) in [6.07, 6.45) is 2.12. The maximum absolute atomic E-state index is 10.4. The Morgan fingerprint density at radius 1 is 1.80 bits per heavy atom. The molecule has 1 aliphatic heterocycles.